The first-order valence-corrected chi connectivity index (χ1v) is 9.98. The highest BCUT2D eigenvalue weighted by molar-refractivity contribution is 6.30. The first-order valence-electron chi connectivity index (χ1n) is 9.61. The highest BCUT2D eigenvalue weighted by atomic mass is 35.5. The van der Waals surface area contributed by atoms with Crippen molar-refractivity contribution in [2.24, 2.45) is 0 Å². The molecule has 0 saturated heterocycles. The largest absolute Gasteiger partial charge is 0.358 e. The minimum atomic E-state index is -0.0515. The lowest BCUT2D eigenvalue weighted by atomic mass is 9.98. The number of nitrogens with one attached hydrogen (secondary N) is 1. The van der Waals surface area contributed by atoms with E-state index in [1.54, 1.807) is 17.2 Å². The van der Waals surface area contributed by atoms with E-state index in [4.69, 9.17) is 11.6 Å². The Balaban J connectivity index is 1.58. The van der Waals surface area contributed by atoms with Gasteiger partial charge in [-0.15, -0.1) is 0 Å². The van der Waals surface area contributed by atoms with Gasteiger partial charge in [-0.25, -0.2) is 14.6 Å². The molecule has 5 nitrogen and oxygen atoms in total. The van der Waals surface area contributed by atoms with Crippen LogP contribution in [-0.2, 0) is 0 Å². The first kappa shape index (κ1) is 18.3. The summed E-state index contributed by atoms with van der Waals surface area (Å²) < 4.78 is 1.79. The van der Waals surface area contributed by atoms with Gasteiger partial charge >= 0.3 is 0 Å². The Labute approximate surface area is 179 Å². The van der Waals surface area contributed by atoms with Crippen LogP contribution in [0.5, 0.6) is 0 Å². The van der Waals surface area contributed by atoms with Gasteiger partial charge in [0.15, 0.2) is 5.65 Å². The average Bonchev–Trinajstić information content (AvgIpc) is 3.24. The summed E-state index contributed by atoms with van der Waals surface area (Å²) in [5, 5.41) is 9.68. The van der Waals surface area contributed by atoms with Gasteiger partial charge in [0.1, 0.15) is 12.1 Å². The Morgan fingerprint density at radius 1 is 0.767 bits per heavy atom. The Bertz CT molecular complexity index is 1230. The summed E-state index contributed by atoms with van der Waals surface area (Å²) in [5.41, 5.74) is 3.93. The Hall–Kier alpha value is -3.70. The van der Waals surface area contributed by atoms with Gasteiger partial charge in [-0.05, 0) is 35.4 Å². The van der Waals surface area contributed by atoms with Crippen molar-refractivity contribution >= 4 is 28.5 Å². The molecular weight excluding hydrogens is 394 g/mol. The second-order valence-electron chi connectivity index (χ2n) is 6.89. The molecular formula is C24H18ClN5. The predicted octanol–water partition coefficient (Wildman–Crippen LogP) is 5.67. The fraction of sp³-hybridized carbons (Fsp3) is 0.0417. The Kier molecular flexibility index (Phi) is 4.87. The van der Waals surface area contributed by atoms with Crippen molar-refractivity contribution in [3.8, 4) is 5.69 Å². The molecule has 0 bridgehead atoms. The number of anilines is 1. The number of nitrogens with zero attached hydrogens (tertiary/aromatic N) is 4. The molecule has 0 atom stereocenters. The van der Waals surface area contributed by atoms with Crippen molar-refractivity contribution in [2.45, 2.75) is 6.04 Å². The zero-order valence-electron chi connectivity index (χ0n) is 16.0. The van der Waals surface area contributed by atoms with Gasteiger partial charge in [0.05, 0.1) is 23.3 Å². The second-order valence-corrected chi connectivity index (χ2v) is 7.33. The van der Waals surface area contributed by atoms with Crippen LogP contribution in [0, 0.1) is 0 Å². The third-order valence-corrected chi connectivity index (χ3v) is 5.24. The van der Waals surface area contributed by atoms with Crippen LogP contribution >= 0.6 is 11.6 Å². The van der Waals surface area contributed by atoms with Gasteiger partial charge in [-0.2, -0.15) is 5.10 Å². The highest BCUT2D eigenvalue weighted by Crippen LogP contribution is 2.29. The van der Waals surface area contributed by atoms with E-state index < -0.39 is 0 Å². The van der Waals surface area contributed by atoms with E-state index in [-0.39, 0.29) is 6.04 Å². The van der Waals surface area contributed by atoms with Crippen LogP contribution in [0.4, 0.5) is 5.82 Å². The maximum Gasteiger partial charge on any atom is 0.168 e. The van der Waals surface area contributed by atoms with Crippen LogP contribution in [-0.4, -0.2) is 19.7 Å². The van der Waals surface area contributed by atoms with Gasteiger partial charge in [-0.3, -0.25) is 0 Å². The summed E-state index contributed by atoms with van der Waals surface area (Å²) in [7, 11) is 0. The zero-order chi connectivity index (χ0) is 20.3. The van der Waals surface area contributed by atoms with Crippen LogP contribution in [0.15, 0.2) is 97.5 Å². The Morgan fingerprint density at radius 3 is 2.03 bits per heavy atom. The lowest BCUT2D eigenvalue weighted by Gasteiger charge is -2.20. The van der Waals surface area contributed by atoms with E-state index >= 15 is 0 Å². The molecule has 5 rings (SSSR count). The third-order valence-electron chi connectivity index (χ3n) is 4.98. The van der Waals surface area contributed by atoms with E-state index in [0.717, 1.165) is 33.7 Å². The van der Waals surface area contributed by atoms with Gasteiger partial charge in [0.2, 0.25) is 0 Å². The highest BCUT2D eigenvalue weighted by Gasteiger charge is 2.18. The van der Waals surface area contributed by atoms with Crippen LogP contribution in [0.25, 0.3) is 16.7 Å². The number of aromatic nitrogens is 4. The molecule has 0 aliphatic rings. The van der Waals surface area contributed by atoms with Crippen molar-refractivity contribution in [2.75, 3.05) is 5.32 Å². The van der Waals surface area contributed by atoms with Gasteiger partial charge in [-0.1, -0.05) is 72.3 Å². The average molecular weight is 412 g/mol. The number of benzene rings is 3. The predicted molar refractivity (Wildman–Crippen MR) is 120 cm³/mol. The lowest BCUT2D eigenvalue weighted by molar-refractivity contribution is 0.893. The van der Waals surface area contributed by atoms with Crippen molar-refractivity contribution in [1.82, 2.24) is 19.7 Å². The molecule has 0 unspecified atom stereocenters. The quantitative estimate of drug-likeness (QED) is 0.404. The summed E-state index contributed by atoms with van der Waals surface area (Å²) in [6.07, 6.45) is 3.35. The number of hydrogen-bond donors (Lipinski definition) is 1. The minimum Gasteiger partial charge on any atom is -0.358 e. The molecule has 146 valence electrons. The molecule has 30 heavy (non-hydrogen) atoms. The summed E-state index contributed by atoms with van der Waals surface area (Å²) in [4.78, 5) is 8.99. The fourth-order valence-electron chi connectivity index (χ4n) is 3.52. The molecule has 0 fully saturated rings. The molecule has 5 aromatic rings. The van der Waals surface area contributed by atoms with Gasteiger partial charge in [0.25, 0.3) is 0 Å². The van der Waals surface area contributed by atoms with Crippen LogP contribution < -0.4 is 5.32 Å². The van der Waals surface area contributed by atoms with Gasteiger partial charge in [0, 0.05) is 5.02 Å². The molecule has 0 aliphatic carbocycles. The topological polar surface area (TPSA) is 55.6 Å². The number of fused-ring (bicyclic) bond motifs is 1. The molecule has 1 N–H and O–H groups in total. The molecule has 0 aliphatic heterocycles. The van der Waals surface area contributed by atoms with Crippen molar-refractivity contribution in [3.05, 3.63) is 114 Å². The number of rotatable bonds is 5. The van der Waals surface area contributed by atoms with Crippen molar-refractivity contribution in [3.63, 3.8) is 0 Å². The Morgan fingerprint density at radius 2 is 1.40 bits per heavy atom. The number of halogens is 1. The fourth-order valence-corrected chi connectivity index (χ4v) is 3.64. The summed E-state index contributed by atoms with van der Waals surface area (Å²) in [5.74, 6) is 0.734. The summed E-state index contributed by atoms with van der Waals surface area (Å²) >= 11 is 6.02. The monoisotopic (exact) mass is 411 g/mol. The zero-order valence-corrected chi connectivity index (χ0v) is 16.7. The van der Waals surface area contributed by atoms with Crippen LogP contribution in [0.3, 0.4) is 0 Å². The van der Waals surface area contributed by atoms with Crippen molar-refractivity contribution < 1.29 is 0 Å². The summed E-state index contributed by atoms with van der Waals surface area (Å²) in [6, 6.07) is 28.1. The normalized spacial score (nSPS) is 11.1. The molecule has 0 amide bonds. The molecule has 2 aromatic heterocycles. The maximum absolute atomic E-state index is 6.02. The van der Waals surface area contributed by atoms with E-state index in [9.17, 15) is 0 Å². The second kappa shape index (κ2) is 7.97. The minimum absolute atomic E-state index is 0.0515. The van der Waals surface area contributed by atoms with Gasteiger partial charge < -0.3 is 5.32 Å². The molecule has 0 radical (unpaired) electrons. The SMILES string of the molecule is Clc1ccc(-n2ncc3c(NC(c4ccccc4)c4ccccc4)ncnc32)cc1. The molecule has 2 heterocycles. The summed E-state index contributed by atoms with van der Waals surface area (Å²) in [6.45, 7) is 0. The molecule has 3 aromatic carbocycles. The van der Waals surface area contributed by atoms with E-state index in [2.05, 4.69) is 44.6 Å². The van der Waals surface area contributed by atoms with Crippen molar-refractivity contribution in [1.29, 1.82) is 0 Å². The van der Waals surface area contributed by atoms with Crippen LogP contribution in [0.1, 0.15) is 17.2 Å². The molecule has 0 saturated carbocycles. The maximum atomic E-state index is 6.02. The third kappa shape index (κ3) is 3.51. The smallest absolute Gasteiger partial charge is 0.168 e. The first-order chi connectivity index (χ1) is 14.8. The molecule has 6 heteroatoms. The lowest BCUT2D eigenvalue weighted by Crippen LogP contribution is -2.13. The number of hydrogen-bond acceptors (Lipinski definition) is 4. The van der Waals surface area contributed by atoms with E-state index in [1.807, 2.05) is 60.7 Å². The molecule has 0 spiro atoms. The van der Waals surface area contributed by atoms with E-state index in [0.29, 0.717) is 5.02 Å². The standard InChI is InChI=1S/C24H18ClN5/c25-19-11-13-20(14-12-19)30-24-21(15-28-30)23(26-16-27-24)29-22(17-7-3-1-4-8-17)18-9-5-2-6-10-18/h1-16,22H,(H,26,27,29). The van der Waals surface area contributed by atoms with Crippen LogP contribution in [0.2, 0.25) is 5.02 Å². The van der Waals surface area contributed by atoms with E-state index in [1.165, 1.54) is 0 Å².